The van der Waals surface area contributed by atoms with Crippen LogP contribution >= 0.6 is 11.6 Å². The van der Waals surface area contributed by atoms with E-state index >= 15 is 0 Å². The summed E-state index contributed by atoms with van der Waals surface area (Å²) >= 11 is 6.23. The molecule has 0 bridgehead atoms. The van der Waals surface area contributed by atoms with Gasteiger partial charge in [-0.25, -0.2) is 13.8 Å². The Hall–Kier alpha value is -3.10. The van der Waals surface area contributed by atoms with Gasteiger partial charge >= 0.3 is 0 Å². The van der Waals surface area contributed by atoms with Gasteiger partial charge in [0.05, 0.1) is 24.0 Å². The van der Waals surface area contributed by atoms with Crippen molar-refractivity contribution in [2.75, 3.05) is 6.61 Å². The second-order valence-corrected chi connectivity index (χ2v) is 9.76. The van der Waals surface area contributed by atoms with E-state index in [4.69, 9.17) is 16.3 Å². The molecule has 35 heavy (non-hydrogen) atoms. The van der Waals surface area contributed by atoms with E-state index in [0.29, 0.717) is 30.3 Å². The summed E-state index contributed by atoms with van der Waals surface area (Å²) in [7, 11) is 0. The number of pyridine rings is 1. The minimum absolute atomic E-state index is 0.0162. The topological polar surface area (TPSA) is 61.4 Å². The highest BCUT2D eigenvalue weighted by molar-refractivity contribution is 6.31. The van der Waals surface area contributed by atoms with E-state index in [-0.39, 0.29) is 28.3 Å². The zero-order valence-corrected chi connectivity index (χ0v) is 19.8. The molecule has 0 N–H and O–H groups in total. The molecule has 6 rings (SSSR count). The van der Waals surface area contributed by atoms with E-state index in [2.05, 4.69) is 16.3 Å². The van der Waals surface area contributed by atoms with Gasteiger partial charge in [-0.15, -0.1) is 0 Å². The molecule has 1 saturated heterocycles. The molecule has 0 amide bonds. The Morgan fingerprint density at radius 3 is 2.69 bits per heavy atom. The smallest absolute Gasteiger partial charge is 0.276 e. The van der Waals surface area contributed by atoms with Crippen molar-refractivity contribution in [3.05, 3.63) is 86.7 Å². The molecule has 0 radical (unpaired) electrons. The van der Waals surface area contributed by atoms with Crippen molar-refractivity contribution in [2.45, 2.75) is 50.7 Å². The fourth-order valence-electron chi connectivity index (χ4n) is 4.86. The van der Waals surface area contributed by atoms with Crippen LogP contribution in [0.3, 0.4) is 0 Å². The maximum Gasteiger partial charge on any atom is 0.276 e. The second kappa shape index (κ2) is 8.53. The summed E-state index contributed by atoms with van der Waals surface area (Å²) in [5, 5.41) is 4.50. The Balaban J connectivity index is 1.45. The first-order chi connectivity index (χ1) is 16.9. The van der Waals surface area contributed by atoms with Crippen molar-refractivity contribution in [3.8, 4) is 11.1 Å². The Morgan fingerprint density at radius 1 is 1.09 bits per heavy atom. The van der Waals surface area contributed by atoms with Crippen molar-refractivity contribution < 1.29 is 13.5 Å². The van der Waals surface area contributed by atoms with Crippen LogP contribution in [0, 0.1) is 18.6 Å². The average Bonchev–Trinajstić information content (AvgIpc) is 3.59. The minimum Gasteiger partial charge on any atom is -0.373 e. The molecule has 180 valence electrons. The summed E-state index contributed by atoms with van der Waals surface area (Å²) in [6.45, 7) is 2.18. The molecule has 0 spiro atoms. The summed E-state index contributed by atoms with van der Waals surface area (Å²) in [6.07, 6.45) is 9.27. The van der Waals surface area contributed by atoms with E-state index in [1.165, 1.54) is 16.5 Å². The first-order valence-electron chi connectivity index (χ1n) is 11.7. The molecule has 3 aromatic heterocycles. The largest absolute Gasteiger partial charge is 0.373 e. The normalized spacial score (nSPS) is 20.5. The monoisotopic (exact) mass is 496 g/mol. The lowest BCUT2D eigenvalue weighted by Gasteiger charge is -2.30. The maximum atomic E-state index is 14.9. The van der Waals surface area contributed by atoms with Crippen molar-refractivity contribution in [1.82, 2.24) is 19.2 Å². The number of ether oxygens (including phenoxy) is 1. The number of rotatable bonds is 4. The fourth-order valence-corrected chi connectivity index (χ4v) is 5.00. The zero-order chi connectivity index (χ0) is 24.3. The fraction of sp³-hybridized carbons (Fsp3) is 0.346. The molecule has 2 unspecified atom stereocenters. The highest BCUT2D eigenvalue weighted by Crippen LogP contribution is 2.41. The number of aryl methyl sites for hydroxylation is 1. The molecule has 2 aliphatic rings. The maximum absolute atomic E-state index is 14.9. The standard InChI is InChI=1S/C26H23ClF2N4O2/c1-14-24(27)26(34)32-12-16(8-21(25(32)31-14)20-5-2-18(28)10-22(20)29)15-6-7-35-23(9-15)17-11-30-33(13-17)19-3-4-19/h2,5,8,10-13,15,19,23H,3-4,6-7,9H2,1H3. The van der Waals surface area contributed by atoms with Gasteiger partial charge in [-0.05, 0) is 62.3 Å². The molecule has 9 heteroatoms. The first kappa shape index (κ1) is 22.4. The van der Waals surface area contributed by atoms with Gasteiger partial charge in [0.1, 0.15) is 22.3 Å². The Kier molecular flexibility index (Phi) is 5.45. The van der Waals surface area contributed by atoms with Crippen molar-refractivity contribution in [2.24, 2.45) is 0 Å². The predicted molar refractivity (Wildman–Crippen MR) is 128 cm³/mol. The lowest BCUT2D eigenvalue weighted by Crippen LogP contribution is -2.22. The van der Waals surface area contributed by atoms with Crippen LogP contribution < -0.4 is 5.56 Å². The molecule has 1 saturated carbocycles. The van der Waals surface area contributed by atoms with Crippen molar-refractivity contribution in [1.29, 1.82) is 0 Å². The quantitative estimate of drug-likeness (QED) is 0.360. The van der Waals surface area contributed by atoms with Crippen LogP contribution in [0.2, 0.25) is 5.02 Å². The van der Waals surface area contributed by atoms with E-state index in [9.17, 15) is 13.6 Å². The third-order valence-corrected chi connectivity index (χ3v) is 7.38. The number of nitrogens with zero attached hydrogens (tertiary/aromatic N) is 4. The van der Waals surface area contributed by atoms with Gasteiger partial charge in [0.2, 0.25) is 0 Å². The molecular formula is C26H23ClF2N4O2. The van der Waals surface area contributed by atoms with Gasteiger partial charge in [-0.2, -0.15) is 5.10 Å². The van der Waals surface area contributed by atoms with Crippen LogP contribution in [0.4, 0.5) is 8.78 Å². The SMILES string of the molecule is Cc1nc2c(-c3ccc(F)cc3F)cc(C3CCOC(c4cnn(C5CC5)c4)C3)cn2c(=O)c1Cl. The summed E-state index contributed by atoms with van der Waals surface area (Å²) in [5.41, 5.74) is 2.68. The predicted octanol–water partition coefficient (Wildman–Crippen LogP) is 5.77. The van der Waals surface area contributed by atoms with E-state index < -0.39 is 17.2 Å². The lowest BCUT2D eigenvalue weighted by molar-refractivity contribution is 0.00516. The number of benzene rings is 1. The Morgan fingerprint density at radius 2 is 1.91 bits per heavy atom. The van der Waals surface area contributed by atoms with Gasteiger partial charge in [-0.3, -0.25) is 13.9 Å². The molecular weight excluding hydrogens is 474 g/mol. The molecule has 1 aliphatic carbocycles. The summed E-state index contributed by atoms with van der Waals surface area (Å²) in [6, 6.07) is 5.75. The number of fused-ring (bicyclic) bond motifs is 1. The average molecular weight is 497 g/mol. The Labute approximate surface area is 205 Å². The lowest BCUT2D eigenvalue weighted by atomic mass is 9.86. The number of hydrogen-bond acceptors (Lipinski definition) is 4. The number of halogens is 3. The van der Waals surface area contributed by atoms with Crippen LogP contribution in [-0.2, 0) is 4.74 Å². The number of hydrogen-bond donors (Lipinski definition) is 0. The van der Waals surface area contributed by atoms with E-state index in [1.54, 1.807) is 13.1 Å². The van der Waals surface area contributed by atoms with Gasteiger partial charge < -0.3 is 4.74 Å². The zero-order valence-electron chi connectivity index (χ0n) is 19.0. The van der Waals surface area contributed by atoms with Crippen molar-refractivity contribution in [3.63, 3.8) is 0 Å². The molecule has 6 nitrogen and oxygen atoms in total. The van der Waals surface area contributed by atoms with Crippen LogP contribution in [0.25, 0.3) is 16.8 Å². The van der Waals surface area contributed by atoms with Crippen LogP contribution in [-0.4, -0.2) is 25.8 Å². The molecule has 1 aliphatic heterocycles. The van der Waals surface area contributed by atoms with Gasteiger partial charge in [0, 0.05) is 41.8 Å². The molecule has 2 fully saturated rings. The second-order valence-electron chi connectivity index (χ2n) is 9.39. The Bertz CT molecular complexity index is 1510. The highest BCUT2D eigenvalue weighted by atomic mass is 35.5. The van der Waals surface area contributed by atoms with Crippen LogP contribution in [0.1, 0.15) is 60.6 Å². The third-order valence-electron chi connectivity index (χ3n) is 6.95. The van der Waals surface area contributed by atoms with Crippen molar-refractivity contribution >= 4 is 17.2 Å². The first-order valence-corrected chi connectivity index (χ1v) is 12.1. The third kappa shape index (κ3) is 4.04. The van der Waals surface area contributed by atoms with Gasteiger partial charge in [0.15, 0.2) is 0 Å². The van der Waals surface area contributed by atoms with Crippen LogP contribution in [0.15, 0.2) is 47.7 Å². The molecule has 1 aromatic carbocycles. The number of aromatic nitrogens is 4. The molecule has 2 atom stereocenters. The highest BCUT2D eigenvalue weighted by Gasteiger charge is 2.30. The summed E-state index contributed by atoms with van der Waals surface area (Å²) in [5.74, 6) is -1.34. The van der Waals surface area contributed by atoms with Gasteiger partial charge in [0.25, 0.3) is 5.56 Å². The minimum atomic E-state index is -0.719. The van der Waals surface area contributed by atoms with E-state index in [1.807, 2.05) is 16.9 Å². The van der Waals surface area contributed by atoms with Crippen LogP contribution in [0.5, 0.6) is 0 Å². The van der Waals surface area contributed by atoms with E-state index in [0.717, 1.165) is 36.5 Å². The van der Waals surface area contributed by atoms with Gasteiger partial charge in [-0.1, -0.05) is 11.6 Å². The molecule has 4 aromatic rings. The summed E-state index contributed by atoms with van der Waals surface area (Å²) in [4.78, 5) is 17.6. The molecule has 4 heterocycles. The summed E-state index contributed by atoms with van der Waals surface area (Å²) < 4.78 is 37.9.